The summed E-state index contributed by atoms with van der Waals surface area (Å²) in [6.45, 7) is 7.07. The summed E-state index contributed by atoms with van der Waals surface area (Å²) in [6, 6.07) is 6.78. The molecular formula is C16H25N3O2. The van der Waals surface area contributed by atoms with Gasteiger partial charge < -0.3 is 20.6 Å². The minimum Gasteiger partial charge on any atom is -0.508 e. The Morgan fingerprint density at radius 1 is 1.24 bits per heavy atom. The first-order valence-electron chi connectivity index (χ1n) is 7.61. The molecule has 1 fully saturated rings. The van der Waals surface area contributed by atoms with E-state index in [-0.39, 0.29) is 17.6 Å². The Balaban J connectivity index is 1.91. The van der Waals surface area contributed by atoms with Crippen LogP contribution < -0.4 is 10.6 Å². The zero-order chi connectivity index (χ0) is 15.4. The van der Waals surface area contributed by atoms with Crippen molar-refractivity contribution >= 4 is 11.6 Å². The molecule has 1 aromatic rings. The van der Waals surface area contributed by atoms with Gasteiger partial charge in [0.2, 0.25) is 5.91 Å². The van der Waals surface area contributed by atoms with Gasteiger partial charge in [0.15, 0.2) is 0 Å². The van der Waals surface area contributed by atoms with E-state index < -0.39 is 6.04 Å². The molecule has 21 heavy (non-hydrogen) atoms. The lowest BCUT2D eigenvalue weighted by Crippen LogP contribution is -2.54. The summed E-state index contributed by atoms with van der Waals surface area (Å²) in [7, 11) is 0. The second-order valence-electron chi connectivity index (χ2n) is 5.74. The van der Waals surface area contributed by atoms with Crippen molar-refractivity contribution in [1.82, 2.24) is 4.90 Å². The fourth-order valence-electron chi connectivity index (χ4n) is 2.56. The van der Waals surface area contributed by atoms with Crippen LogP contribution in [0.1, 0.15) is 20.3 Å². The van der Waals surface area contributed by atoms with Gasteiger partial charge in [-0.3, -0.25) is 4.79 Å². The molecule has 2 unspecified atom stereocenters. The number of carbonyl (C=O) groups excluding carboxylic acids is 1. The largest absolute Gasteiger partial charge is 0.508 e. The number of hydrogen-bond donors (Lipinski definition) is 2. The van der Waals surface area contributed by atoms with E-state index >= 15 is 0 Å². The zero-order valence-corrected chi connectivity index (χ0v) is 12.8. The molecule has 5 nitrogen and oxygen atoms in total. The lowest BCUT2D eigenvalue weighted by Gasteiger charge is -2.37. The predicted molar refractivity (Wildman–Crippen MR) is 84.3 cm³/mol. The van der Waals surface area contributed by atoms with Crippen molar-refractivity contribution in [3.8, 4) is 5.75 Å². The number of carbonyl (C=O) groups is 1. The van der Waals surface area contributed by atoms with Crippen molar-refractivity contribution in [2.75, 3.05) is 31.1 Å². The Hall–Kier alpha value is -1.75. The maximum atomic E-state index is 12.3. The zero-order valence-electron chi connectivity index (χ0n) is 12.8. The van der Waals surface area contributed by atoms with Crippen LogP contribution in [0.5, 0.6) is 5.75 Å². The van der Waals surface area contributed by atoms with Crippen molar-refractivity contribution in [3.05, 3.63) is 24.3 Å². The van der Waals surface area contributed by atoms with Crippen LogP contribution in [0.25, 0.3) is 0 Å². The number of hydrogen-bond acceptors (Lipinski definition) is 4. The molecule has 1 aliphatic rings. The molecule has 0 spiro atoms. The van der Waals surface area contributed by atoms with Crippen molar-refractivity contribution in [1.29, 1.82) is 0 Å². The molecule has 0 aromatic heterocycles. The maximum Gasteiger partial charge on any atom is 0.239 e. The van der Waals surface area contributed by atoms with E-state index in [9.17, 15) is 9.90 Å². The number of phenols is 1. The van der Waals surface area contributed by atoms with E-state index in [0.29, 0.717) is 13.1 Å². The molecule has 1 aliphatic heterocycles. The molecule has 5 heteroatoms. The van der Waals surface area contributed by atoms with E-state index in [1.165, 1.54) is 0 Å². The van der Waals surface area contributed by atoms with Crippen molar-refractivity contribution in [3.63, 3.8) is 0 Å². The van der Waals surface area contributed by atoms with Crippen molar-refractivity contribution in [2.45, 2.75) is 26.3 Å². The monoisotopic (exact) mass is 291 g/mol. The number of rotatable bonds is 4. The molecule has 1 aromatic carbocycles. The number of nitrogens with zero attached hydrogens (tertiary/aromatic N) is 2. The Morgan fingerprint density at radius 3 is 2.33 bits per heavy atom. The molecule has 0 radical (unpaired) electrons. The fourth-order valence-corrected chi connectivity index (χ4v) is 2.56. The summed E-state index contributed by atoms with van der Waals surface area (Å²) in [4.78, 5) is 16.4. The summed E-state index contributed by atoms with van der Waals surface area (Å²) in [5, 5.41) is 9.32. The van der Waals surface area contributed by atoms with E-state index in [0.717, 1.165) is 25.2 Å². The average molecular weight is 291 g/mol. The van der Waals surface area contributed by atoms with Gasteiger partial charge in [0.25, 0.3) is 0 Å². The smallest absolute Gasteiger partial charge is 0.239 e. The summed E-state index contributed by atoms with van der Waals surface area (Å²) < 4.78 is 0. The van der Waals surface area contributed by atoms with Gasteiger partial charge in [0, 0.05) is 31.9 Å². The highest BCUT2D eigenvalue weighted by molar-refractivity contribution is 5.82. The van der Waals surface area contributed by atoms with Crippen LogP contribution in [0.2, 0.25) is 0 Å². The van der Waals surface area contributed by atoms with E-state index in [1.54, 1.807) is 12.1 Å². The molecule has 0 bridgehead atoms. The first-order chi connectivity index (χ1) is 10.0. The second-order valence-corrected chi connectivity index (χ2v) is 5.74. The van der Waals surface area contributed by atoms with Crippen LogP contribution in [0.4, 0.5) is 5.69 Å². The van der Waals surface area contributed by atoms with Crippen LogP contribution in [-0.4, -0.2) is 48.1 Å². The fraction of sp³-hybridized carbons (Fsp3) is 0.562. The lowest BCUT2D eigenvalue weighted by atomic mass is 9.98. The molecule has 1 amide bonds. The van der Waals surface area contributed by atoms with Gasteiger partial charge in [-0.1, -0.05) is 20.3 Å². The minimum absolute atomic E-state index is 0.0645. The van der Waals surface area contributed by atoms with Crippen molar-refractivity contribution in [2.24, 2.45) is 11.7 Å². The standard InChI is InChI=1S/C16H25N3O2/c1-3-12(2)15(17)16(21)19-10-8-18(9-11-19)13-4-6-14(20)7-5-13/h4-7,12,15,20H,3,8-11,17H2,1-2H3. The highest BCUT2D eigenvalue weighted by Crippen LogP contribution is 2.20. The molecule has 0 aliphatic carbocycles. The van der Waals surface area contributed by atoms with E-state index in [1.807, 2.05) is 24.0 Å². The highest BCUT2D eigenvalue weighted by atomic mass is 16.3. The summed E-state index contributed by atoms with van der Waals surface area (Å²) in [6.07, 6.45) is 0.917. The SMILES string of the molecule is CCC(C)C(N)C(=O)N1CCN(c2ccc(O)cc2)CC1. The molecular weight excluding hydrogens is 266 g/mol. The van der Waals surface area contributed by atoms with Gasteiger partial charge >= 0.3 is 0 Å². The minimum atomic E-state index is -0.393. The number of benzene rings is 1. The highest BCUT2D eigenvalue weighted by Gasteiger charge is 2.27. The van der Waals surface area contributed by atoms with Gasteiger partial charge in [-0.15, -0.1) is 0 Å². The number of aromatic hydroxyl groups is 1. The third-order valence-corrected chi connectivity index (χ3v) is 4.35. The number of anilines is 1. The van der Waals surface area contributed by atoms with Crippen LogP contribution in [0.3, 0.4) is 0 Å². The van der Waals surface area contributed by atoms with Crippen LogP contribution in [-0.2, 0) is 4.79 Å². The Morgan fingerprint density at radius 2 is 1.81 bits per heavy atom. The third-order valence-electron chi connectivity index (χ3n) is 4.35. The summed E-state index contributed by atoms with van der Waals surface area (Å²) in [5.74, 6) is 0.550. The van der Waals surface area contributed by atoms with Gasteiger partial charge in [0.1, 0.15) is 5.75 Å². The van der Waals surface area contributed by atoms with Gasteiger partial charge in [-0.25, -0.2) is 0 Å². The predicted octanol–water partition coefficient (Wildman–Crippen LogP) is 1.41. The van der Waals surface area contributed by atoms with Crippen LogP contribution in [0, 0.1) is 5.92 Å². The van der Waals surface area contributed by atoms with Gasteiger partial charge in [-0.2, -0.15) is 0 Å². The third kappa shape index (κ3) is 3.67. The summed E-state index contributed by atoms with van der Waals surface area (Å²) >= 11 is 0. The van der Waals surface area contributed by atoms with Crippen LogP contribution >= 0.6 is 0 Å². The molecule has 1 heterocycles. The number of phenolic OH excluding ortho intramolecular Hbond substituents is 1. The number of amides is 1. The maximum absolute atomic E-state index is 12.3. The Labute approximate surface area is 126 Å². The normalized spacial score (nSPS) is 18.4. The Kier molecular flexibility index (Phi) is 5.07. The average Bonchev–Trinajstić information content (AvgIpc) is 2.53. The summed E-state index contributed by atoms with van der Waals surface area (Å²) in [5.41, 5.74) is 7.11. The number of piperazine rings is 1. The Bertz CT molecular complexity index is 467. The van der Waals surface area contributed by atoms with Gasteiger partial charge in [0.05, 0.1) is 6.04 Å². The van der Waals surface area contributed by atoms with E-state index in [4.69, 9.17) is 5.73 Å². The second kappa shape index (κ2) is 6.80. The van der Waals surface area contributed by atoms with Crippen molar-refractivity contribution < 1.29 is 9.90 Å². The molecule has 116 valence electrons. The quantitative estimate of drug-likeness (QED) is 0.880. The molecule has 2 atom stereocenters. The molecule has 2 rings (SSSR count). The van der Waals surface area contributed by atoms with Gasteiger partial charge in [-0.05, 0) is 30.2 Å². The first kappa shape index (κ1) is 15.6. The van der Waals surface area contributed by atoms with E-state index in [2.05, 4.69) is 11.8 Å². The topological polar surface area (TPSA) is 69.8 Å². The molecule has 0 saturated carbocycles. The molecule has 3 N–H and O–H groups in total. The lowest BCUT2D eigenvalue weighted by molar-refractivity contribution is -0.134. The first-order valence-corrected chi connectivity index (χ1v) is 7.61. The molecule has 1 saturated heterocycles. The number of nitrogens with two attached hydrogens (primary N) is 1. The van der Waals surface area contributed by atoms with Crippen LogP contribution in [0.15, 0.2) is 24.3 Å².